The molecule has 0 radical (unpaired) electrons. The van der Waals surface area contributed by atoms with Gasteiger partial charge in [-0.2, -0.15) is 0 Å². The summed E-state index contributed by atoms with van der Waals surface area (Å²) in [6, 6.07) is 51.7. The van der Waals surface area contributed by atoms with Gasteiger partial charge in [-0.15, -0.1) is 0 Å². The highest BCUT2D eigenvalue weighted by molar-refractivity contribution is 6.10. The van der Waals surface area contributed by atoms with Crippen molar-refractivity contribution in [3.05, 3.63) is 198 Å². The van der Waals surface area contributed by atoms with E-state index in [2.05, 4.69) is 205 Å². The Kier molecular flexibility index (Phi) is 7.59. The van der Waals surface area contributed by atoms with E-state index in [0.29, 0.717) is 0 Å². The van der Waals surface area contributed by atoms with Gasteiger partial charge in [0, 0.05) is 52.5 Å². The topological polar surface area (TPSA) is 11.4 Å². The summed E-state index contributed by atoms with van der Waals surface area (Å²) in [5.74, 6) is 0. The highest BCUT2D eigenvalue weighted by atomic mass is 15.1. The number of anilines is 2. The van der Waals surface area contributed by atoms with E-state index in [1.54, 1.807) is 0 Å². The molecule has 0 N–H and O–H groups in total. The minimum Gasteiger partial charge on any atom is -0.376 e. The van der Waals surface area contributed by atoms with Crippen molar-refractivity contribution in [3.63, 3.8) is 0 Å². The summed E-state index contributed by atoms with van der Waals surface area (Å²) >= 11 is 0. The fourth-order valence-electron chi connectivity index (χ4n) is 9.11. The number of nitrogens with zero attached hydrogens (tertiary/aromatic N) is 3. The molecule has 0 atom stereocenters. The Morgan fingerprint density at radius 2 is 1.31 bits per heavy atom. The lowest BCUT2D eigenvalue weighted by Crippen LogP contribution is -2.20. The van der Waals surface area contributed by atoms with Crippen LogP contribution in [0.4, 0.5) is 11.4 Å². The van der Waals surface area contributed by atoms with Crippen LogP contribution >= 0.6 is 0 Å². The third kappa shape index (κ3) is 5.26. The molecular weight excluding hydrogens is 655 g/mol. The first kappa shape index (κ1) is 32.3. The van der Waals surface area contributed by atoms with E-state index in [0.717, 1.165) is 19.4 Å². The van der Waals surface area contributed by atoms with Crippen LogP contribution < -0.4 is 4.90 Å². The van der Waals surface area contributed by atoms with Crippen LogP contribution in [0.15, 0.2) is 176 Å². The minimum absolute atomic E-state index is 0.0738. The summed E-state index contributed by atoms with van der Waals surface area (Å²) in [5.41, 5.74) is 18.0. The Morgan fingerprint density at radius 1 is 0.556 bits per heavy atom. The Labute approximate surface area is 318 Å². The van der Waals surface area contributed by atoms with Crippen LogP contribution in [0.5, 0.6) is 0 Å². The summed E-state index contributed by atoms with van der Waals surface area (Å²) in [6.07, 6.45) is 13.2. The molecule has 7 aromatic rings. The third-order valence-corrected chi connectivity index (χ3v) is 11.8. The first-order valence-electron chi connectivity index (χ1n) is 19.2. The molecule has 10 rings (SSSR count). The van der Waals surface area contributed by atoms with Crippen LogP contribution in [0, 0.1) is 0 Å². The largest absolute Gasteiger partial charge is 0.376 e. The van der Waals surface area contributed by atoms with E-state index in [1.807, 2.05) is 0 Å². The zero-order chi connectivity index (χ0) is 36.4. The lowest BCUT2D eigenvalue weighted by atomic mass is 9.82. The number of rotatable bonds is 6. The summed E-state index contributed by atoms with van der Waals surface area (Å²) in [5, 5.41) is 2.58. The highest BCUT2D eigenvalue weighted by Gasteiger charge is 2.36. The van der Waals surface area contributed by atoms with Crippen molar-refractivity contribution in [1.29, 1.82) is 0 Å². The van der Waals surface area contributed by atoms with Crippen LogP contribution in [0.3, 0.4) is 0 Å². The Balaban J connectivity index is 1.07. The van der Waals surface area contributed by atoms with Crippen molar-refractivity contribution in [2.75, 3.05) is 18.5 Å². The van der Waals surface area contributed by atoms with Gasteiger partial charge in [0.25, 0.3) is 0 Å². The van der Waals surface area contributed by atoms with E-state index in [1.165, 1.54) is 89.1 Å². The van der Waals surface area contributed by atoms with Gasteiger partial charge >= 0.3 is 0 Å². The molecule has 0 fully saturated rings. The number of benzene rings is 6. The number of hydrogen-bond donors (Lipinski definition) is 0. The molecule has 0 saturated carbocycles. The highest BCUT2D eigenvalue weighted by Crippen LogP contribution is 2.50. The first-order valence-corrected chi connectivity index (χ1v) is 19.2. The SMILES string of the molecule is CN1C=CC=C(c2cccc(N(C3=CC=C(c4ccc5c(c4)c4ccccc4n5-c4ccccc4)CC3)c3ccc4c(c3)C(C)(C)c3ccccc3-4)c2)C1. The maximum absolute atomic E-state index is 2.51. The van der Waals surface area contributed by atoms with Crippen molar-refractivity contribution in [2.24, 2.45) is 0 Å². The number of likely N-dealkylation sites (N-methyl/N-ethyl adjacent to an activating group) is 1. The average molecular weight is 698 g/mol. The molecule has 2 heterocycles. The number of allylic oxidation sites excluding steroid dienone is 6. The predicted molar refractivity (Wildman–Crippen MR) is 228 cm³/mol. The molecule has 2 aliphatic carbocycles. The standard InChI is InChI=1S/C51H43N3/c1-51(2)47-20-9-7-18-43(47)44-28-27-42(33-48(44)51)53(41-17-11-13-36(31-41)38-14-12-30-52(3)34-38)40-25-22-35(23-26-40)37-24-29-50-46(32-37)45-19-8-10-21-49(45)54(50)39-15-5-4-6-16-39/h4-22,24-25,27-33H,23,26,34H2,1-3H3. The Bertz CT molecular complexity index is 2740. The molecule has 0 unspecified atom stereocenters. The minimum atomic E-state index is -0.0738. The van der Waals surface area contributed by atoms with Crippen LogP contribution in [-0.2, 0) is 5.41 Å². The molecule has 54 heavy (non-hydrogen) atoms. The first-order chi connectivity index (χ1) is 26.4. The molecule has 3 heteroatoms. The molecular formula is C51H43N3. The number of hydrogen-bond acceptors (Lipinski definition) is 2. The van der Waals surface area contributed by atoms with Gasteiger partial charge in [-0.3, -0.25) is 0 Å². The van der Waals surface area contributed by atoms with Gasteiger partial charge < -0.3 is 14.4 Å². The van der Waals surface area contributed by atoms with Gasteiger partial charge in [-0.25, -0.2) is 0 Å². The van der Waals surface area contributed by atoms with Gasteiger partial charge in [0.1, 0.15) is 0 Å². The third-order valence-electron chi connectivity index (χ3n) is 11.8. The molecule has 0 saturated heterocycles. The summed E-state index contributed by atoms with van der Waals surface area (Å²) < 4.78 is 2.39. The van der Waals surface area contributed by atoms with Gasteiger partial charge in [-0.05, 0) is 130 Å². The predicted octanol–water partition coefficient (Wildman–Crippen LogP) is 12.8. The average Bonchev–Trinajstić information content (AvgIpc) is 3.66. The smallest absolute Gasteiger partial charge is 0.0541 e. The van der Waals surface area contributed by atoms with Crippen molar-refractivity contribution >= 4 is 44.3 Å². The second-order valence-electron chi connectivity index (χ2n) is 15.5. The van der Waals surface area contributed by atoms with E-state index < -0.39 is 0 Å². The van der Waals surface area contributed by atoms with Gasteiger partial charge in [0.05, 0.1) is 11.0 Å². The maximum Gasteiger partial charge on any atom is 0.0541 e. The second kappa shape index (κ2) is 12.7. The van der Waals surface area contributed by atoms with E-state index in [9.17, 15) is 0 Å². The lowest BCUT2D eigenvalue weighted by Gasteiger charge is -2.32. The van der Waals surface area contributed by atoms with E-state index >= 15 is 0 Å². The van der Waals surface area contributed by atoms with Crippen LogP contribution in [0.1, 0.15) is 48.9 Å². The molecule has 262 valence electrons. The number of aromatic nitrogens is 1. The maximum atomic E-state index is 2.51. The quantitative estimate of drug-likeness (QED) is 0.171. The van der Waals surface area contributed by atoms with E-state index in [4.69, 9.17) is 0 Å². The zero-order valence-corrected chi connectivity index (χ0v) is 31.1. The van der Waals surface area contributed by atoms with Crippen LogP contribution in [0.25, 0.3) is 49.8 Å². The van der Waals surface area contributed by atoms with Crippen molar-refractivity contribution in [2.45, 2.75) is 32.1 Å². The Hall–Kier alpha value is -6.32. The fraction of sp³-hybridized carbons (Fsp3) is 0.137. The second-order valence-corrected chi connectivity index (χ2v) is 15.5. The van der Waals surface area contributed by atoms with Crippen LogP contribution in [0.2, 0.25) is 0 Å². The molecule has 1 aromatic heterocycles. The van der Waals surface area contributed by atoms with Crippen molar-refractivity contribution in [1.82, 2.24) is 9.47 Å². The summed E-state index contributed by atoms with van der Waals surface area (Å²) in [6.45, 7) is 5.64. The summed E-state index contributed by atoms with van der Waals surface area (Å²) in [4.78, 5) is 4.75. The molecule has 3 aliphatic rings. The summed E-state index contributed by atoms with van der Waals surface area (Å²) in [7, 11) is 2.14. The van der Waals surface area contributed by atoms with E-state index in [-0.39, 0.29) is 5.41 Å². The number of fused-ring (bicyclic) bond motifs is 6. The molecule has 3 nitrogen and oxygen atoms in total. The molecule has 0 bridgehead atoms. The zero-order valence-electron chi connectivity index (χ0n) is 31.1. The van der Waals surface area contributed by atoms with Crippen LogP contribution in [-0.4, -0.2) is 23.1 Å². The normalized spacial score (nSPS) is 15.8. The number of para-hydroxylation sites is 2. The monoisotopic (exact) mass is 697 g/mol. The molecule has 1 aliphatic heterocycles. The molecule has 0 spiro atoms. The van der Waals surface area contributed by atoms with Crippen molar-refractivity contribution < 1.29 is 0 Å². The van der Waals surface area contributed by atoms with Gasteiger partial charge in [-0.1, -0.05) is 111 Å². The lowest BCUT2D eigenvalue weighted by molar-refractivity contribution is 0.512. The Morgan fingerprint density at radius 3 is 2.17 bits per heavy atom. The molecule has 0 amide bonds. The van der Waals surface area contributed by atoms with Crippen molar-refractivity contribution in [3.8, 4) is 16.8 Å². The van der Waals surface area contributed by atoms with Gasteiger partial charge in [0.15, 0.2) is 0 Å². The fourth-order valence-corrected chi connectivity index (χ4v) is 9.11. The molecule has 6 aromatic carbocycles. The van der Waals surface area contributed by atoms with Gasteiger partial charge in [0.2, 0.25) is 0 Å².